The fourth-order valence-corrected chi connectivity index (χ4v) is 7.53. The van der Waals surface area contributed by atoms with Crippen molar-refractivity contribution in [2.45, 2.75) is 66.7 Å². The van der Waals surface area contributed by atoms with E-state index in [1.165, 1.54) is 24.8 Å². The van der Waals surface area contributed by atoms with Crippen LogP contribution in [-0.2, 0) is 9.59 Å². The van der Waals surface area contributed by atoms with Crippen LogP contribution in [0.2, 0.25) is 0 Å². The highest BCUT2D eigenvalue weighted by Crippen LogP contribution is 2.70. The Morgan fingerprint density at radius 1 is 1.16 bits per heavy atom. The molecule has 0 amide bonds. The third kappa shape index (κ3) is 1.97. The molecule has 0 aromatic heterocycles. The number of hydrogen-bond acceptors (Lipinski definition) is 2. The summed E-state index contributed by atoms with van der Waals surface area (Å²) in [5, 5.41) is 0. The van der Waals surface area contributed by atoms with Crippen LogP contribution in [0.15, 0.2) is 23.8 Å². The number of carbonyl (C=O) groups is 2. The molecule has 0 spiro atoms. The summed E-state index contributed by atoms with van der Waals surface area (Å²) in [6, 6.07) is 0. The smallest absolute Gasteiger partial charge is 0.178 e. The van der Waals surface area contributed by atoms with Gasteiger partial charge in [0.15, 0.2) is 5.78 Å². The topological polar surface area (TPSA) is 34.1 Å². The molecule has 0 radical (unpaired) electrons. The van der Waals surface area contributed by atoms with Crippen molar-refractivity contribution in [3.63, 3.8) is 0 Å². The first-order chi connectivity index (χ1) is 11.6. The average Bonchev–Trinajstić information content (AvgIpc) is 2.77. The van der Waals surface area contributed by atoms with Gasteiger partial charge < -0.3 is 0 Å². The summed E-state index contributed by atoms with van der Waals surface area (Å²) in [6.07, 6.45) is 11.6. The van der Waals surface area contributed by atoms with E-state index >= 15 is 0 Å². The van der Waals surface area contributed by atoms with Gasteiger partial charge in [-0.3, -0.25) is 9.59 Å². The average molecular weight is 341 g/mol. The highest BCUT2D eigenvalue weighted by Gasteiger charge is 2.66. The van der Waals surface area contributed by atoms with Crippen LogP contribution in [0, 0.1) is 39.9 Å². The Balaban J connectivity index is 1.74. The largest absolute Gasteiger partial charge is 0.299 e. The van der Waals surface area contributed by atoms with Crippen molar-refractivity contribution in [3.8, 4) is 0 Å². The summed E-state index contributed by atoms with van der Waals surface area (Å²) in [5.41, 5.74) is 1.35. The Hall–Kier alpha value is -1.18. The van der Waals surface area contributed by atoms with Crippen molar-refractivity contribution < 1.29 is 9.59 Å². The van der Waals surface area contributed by atoms with Crippen LogP contribution in [0.5, 0.6) is 0 Å². The van der Waals surface area contributed by atoms with Crippen LogP contribution in [0.1, 0.15) is 66.7 Å². The third-order valence-corrected chi connectivity index (χ3v) is 9.46. The fraction of sp³-hybridized carbons (Fsp3) is 0.739. The summed E-state index contributed by atoms with van der Waals surface area (Å²) in [6.45, 7) is 11.1. The molecule has 0 aliphatic heterocycles. The maximum absolute atomic E-state index is 12.7. The molecule has 0 aromatic carbocycles. The van der Waals surface area contributed by atoms with Gasteiger partial charge in [0.1, 0.15) is 5.78 Å². The number of hydrogen-bond donors (Lipinski definition) is 0. The number of Topliss-reactive ketones (excluding diaryl/α,β-unsaturated/α-hetero) is 1. The summed E-state index contributed by atoms with van der Waals surface area (Å²) >= 11 is 0. The number of rotatable bonds is 1. The Bertz CT molecular complexity index is 701. The van der Waals surface area contributed by atoms with Crippen molar-refractivity contribution in [2.24, 2.45) is 39.9 Å². The van der Waals surface area contributed by atoms with Crippen molar-refractivity contribution in [1.29, 1.82) is 0 Å². The van der Waals surface area contributed by atoms with Gasteiger partial charge in [0.25, 0.3) is 0 Å². The minimum absolute atomic E-state index is 0.0522. The van der Waals surface area contributed by atoms with Gasteiger partial charge in [0.05, 0.1) is 0 Å². The van der Waals surface area contributed by atoms with Crippen LogP contribution >= 0.6 is 0 Å². The second-order valence-corrected chi connectivity index (χ2v) is 9.95. The minimum Gasteiger partial charge on any atom is -0.299 e. The lowest BCUT2D eigenvalue weighted by molar-refractivity contribution is -0.140. The Morgan fingerprint density at radius 2 is 1.88 bits per heavy atom. The molecule has 0 N–H and O–H groups in total. The molecule has 4 rings (SSSR count). The van der Waals surface area contributed by atoms with E-state index in [2.05, 4.69) is 33.8 Å². The lowest BCUT2D eigenvalue weighted by Gasteiger charge is -2.58. The molecule has 0 bridgehead atoms. The maximum atomic E-state index is 12.7. The molecule has 3 saturated carbocycles. The van der Waals surface area contributed by atoms with Crippen molar-refractivity contribution in [1.82, 2.24) is 0 Å². The second kappa shape index (κ2) is 5.18. The number of ketones is 2. The van der Waals surface area contributed by atoms with Gasteiger partial charge in [-0.25, -0.2) is 0 Å². The van der Waals surface area contributed by atoms with Crippen molar-refractivity contribution >= 4 is 11.6 Å². The molecule has 4 aliphatic rings. The zero-order valence-corrected chi connectivity index (χ0v) is 16.4. The molecule has 25 heavy (non-hydrogen) atoms. The lowest BCUT2D eigenvalue weighted by atomic mass is 9.45. The summed E-state index contributed by atoms with van der Waals surface area (Å²) < 4.78 is 0. The SMILES string of the molecule is CC(=O)[C@]1(C)[C@@H](C)C[C@@H]2[C@H]3CCC4=CC(=O)C=C[C@]4(C)[C@H]3CC[C@@]21C. The predicted molar refractivity (Wildman–Crippen MR) is 100.0 cm³/mol. The maximum Gasteiger partial charge on any atom is 0.178 e. The summed E-state index contributed by atoms with van der Waals surface area (Å²) in [5.74, 6) is 2.95. The lowest BCUT2D eigenvalue weighted by Crippen LogP contribution is -2.53. The van der Waals surface area contributed by atoms with E-state index in [1.807, 2.05) is 13.0 Å². The predicted octanol–water partition coefficient (Wildman–Crippen LogP) is 5.14. The third-order valence-electron chi connectivity index (χ3n) is 9.46. The monoisotopic (exact) mass is 340 g/mol. The summed E-state index contributed by atoms with van der Waals surface area (Å²) in [7, 11) is 0. The minimum atomic E-state index is -0.183. The highest BCUT2D eigenvalue weighted by atomic mass is 16.1. The van der Waals surface area contributed by atoms with E-state index in [0.29, 0.717) is 29.5 Å². The first-order valence-electron chi connectivity index (χ1n) is 10.1. The molecule has 0 unspecified atom stereocenters. The van der Waals surface area contributed by atoms with Crippen LogP contribution in [0.4, 0.5) is 0 Å². The molecule has 136 valence electrons. The van der Waals surface area contributed by atoms with Gasteiger partial charge in [-0.05, 0) is 80.3 Å². The standard InChI is InChI=1S/C23H32O2/c1-14-12-20-18-7-6-16-13-17(25)8-10-21(16,3)19(18)9-11-22(20,4)23(14,5)15(2)24/h8,10,13-14,18-20H,6-7,9,11-12H2,1-5H3/t14-,18-,19-,20+,21-,22-,23-/m0/s1. The Kier molecular flexibility index (Phi) is 3.57. The molecule has 3 fully saturated rings. The normalized spacial score (nSPS) is 51.4. The summed E-state index contributed by atoms with van der Waals surface area (Å²) in [4.78, 5) is 24.5. The molecular formula is C23H32O2. The molecule has 2 nitrogen and oxygen atoms in total. The molecule has 0 heterocycles. The van der Waals surface area contributed by atoms with E-state index in [-0.39, 0.29) is 22.0 Å². The molecular weight excluding hydrogens is 308 g/mol. The number of fused-ring (bicyclic) bond motifs is 5. The van der Waals surface area contributed by atoms with E-state index < -0.39 is 0 Å². The van der Waals surface area contributed by atoms with Crippen LogP contribution in [0.25, 0.3) is 0 Å². The van der Waals surface area contributed by atoms with E-state index in [0.717, 1.165) is 12.8 Å². The van der Waals surface area contributed by atoms with Crippen LogP contribution in [0.3, 0.4) is 0 Å². The van der Waals surface area contributed by atoms with E-state index in [9.17, 15) is 9.59 Å². The molecule has 7 atom stereocenters. The van der Waals surface area contributed by atoms with Gasteiger partial charge >= 0.3 is 0 Å². The van der Waals surface area contributed by atoms with Gasteiger partial charge in [-0.1, -0.05) is 39.3 Å². The zero-order chi connectivity index (χ0) is 18.2. The molecule has 0 aromatic rings. The van der Waals surface area contributed by atoms with Crippen molar-refractivity contribution in [3.05, 3.63) is 23.8 Å². The van der Waals surface area contributed by atoms with E-state index in [1.54, 1.807) is 6.08 Å². The molecule has 4 aliphatic carbocycles. The Morgan fingerprint density at radius 3 is 2.56 bits per heavy atom. The molecule has 2 heteroatoms. The van der Waals surface area contributed by atoms with Gasteiger partial charge in [-0.15, -0.1) is 0 Å². The fourth-order valence-electron chi connectivity index (χ4n) is 7.53. The first-order valence-corrected chi connectivity index (χ1v) is 10.1. The first kappa shape index (κ1) is 17.2. The van der Waals surface area contributed by atoms with Crippen LogP contribution < -0.4 is 0 Å². The second-order valence-electron chi connectivity index (χ2n) is 9.95. The zero-order valence-electron chi connectivity index (χ0n) is 16.4. The molecule has 0 saturated heterocycles. The van der Waals surface area contributed by atoms with E-state index in [4.69, 9.17) is 0 Å². The van der Waals surface area contributed by atoms with Crippen molar-refractivity contribution in [2.75, 3.05) is 0 Å². The van der Waals surface area contributed by atoms with Gasteiger partial charge in [0.2, 0.25) is 0 Å². The number of carbonyl (C=O) groups excluding carboxylic acids is 2. The highest BCUT2D eigenvalue weighted by molar-refractivity contribution is 6.01. The van der Waals surface area contributed by atoms with Gasteiger partial charge in [0, 0.05) is 10.8 Å². The number of allylic oxidation sites excluding steroid dienone is 4. The Labute approximate surface area is 152 Å². The van der Waals surface area contributed by atoms with Gasteiger partial charge in [-0.2, -0.15) is 0 Å². The quantitative estimate of drug-likeness (QED) is 0.662. The van der Waals surface area contributed by atoms with Crippen LogP contribution in [-0.4, -0.2) is 11.6 Å².